The Hall–Kier alpha value is -2.48. The van der Waals surface area contributed by atoms with Crippen molar-refractivity contribution in [3.05, 3.63) is 59.3 Å². The van der Waals surface area contributed by atoms with Crippen LogP contribution in [0.1, 0.15) is 6.92 Å². The molecule has 0 aromatic heterocycles. The second kappa shape index (κ2) is 7.39. The average Bonchev–Trinajstić information content (AvgIpc) is 2.91. The van der Waals surface area contributed by atoms with Gasteiger partial charge in [0.25, 0.3) is 0 Å². The predicted molar refractivity (Wildman–Crippen MR) is 88.8 cm³/mol. The smallest absolute Gasteiger partial charge is 0.406 e. The molecular weight excluding hydrogens is 341 g/mol. The third-order valence-corrected chi connectivity index (χ3v) is 3.85. The summed E-state index contributed by atoms with van der Waals surface area (Å²) in [5.41, 5.74) is 1.99. The van der Waals surface area contributed by atoms with Gasteiger partial charge in [0.15, 0.2) is 6.29 Å². The van der Waals surface area contributed by atoms with Crippen molar-refractivity contribution in [2.24, 2.45) is 4.99 Å². The number of hydrogen-bond acceptors (Lipinski definition) is 5. The molecule has 2 rings (SSSR count). The van der Waals surface area contributed by atoms with Gasteiger partial charge in [-0.25, -0.2) is 4.99 Å². The van der Waals surface area contributed by atoms with Crippen molar-refractivity contribution in [2.75, 3.05) is 5.32 Å². The molecule has 1 aromatic rings. The number of aliphatic imine (C=N–C) groups is 1. The first kappa shape index (κ1) is 17.9. The molecule has 24 heavy (non-hydrogen) atoms. The Morgan fingerprint density at radius 1 is 1.33 bits per heavy atom. The van der Waals surface area contributed by atoms with E-state index < -0.39 is 6.36 Å². The summed E-state index contributed by atoms with van der Waals surface area (Å²) in [6.45, 7) is 5.31. The number of anilines is 1. The maximum atomic E-state index is 12.1. The van der Waals surface area contributed by atoms with Crippen LogP contribution in [0, 0.1) is 0 Å². The molecule has 8 heteroatoms. The summed E-state index contributed by atoms with van der Waals surface area (Å²) in [4.78, 5) is 15.5. The summed E-state index contributed by atoms with van der Waals surface area (Å²) < 4.78 is 40.2. The van der Waals surface area contributed by atoms with E-state index >= 15 is 0 Å². The Balaban J connectivity index is 2.20. The normalized spacial score (nSPS) is 18.2. The van der Waals surface area contributed by atoms with Crippen LogP contribution in [-0.2, 0) is 4.79 Å². The molecule has 0 spiro atoms. The van der Waals surface area contributed by atoms with Crippen LogP contribution >= 0.6 is 11.8 Å². The lowest BCUT2D eigenvalue weighted by Gasteiger charge is -2.12. The topological polar surface area (TPSA) is 50.7 Å². The monoisotopic (exact) mass is 354 g/mol. The summed E-state index contributed by atoms with van der Waals surface area (Å²) in [5, 5.41) is 3.68. The molecule has 0 saturated carbocycles. The Morgan fingerprint density at radius 2 is 2.00 bits per heavy atom. The molecule has 1 heterocycles. The highest BCUT2D eigenvalue weighted by Gasteiger charge is 2.31. The largest absolute Gasteiger partial charge is 0.573 e. The zero-order valence-electron chi connectivity index (χ0n) is 12.6. The van der Waals surface area contributed by atoms with Gasteiger partial charge in [0.1, 0.15) is 10.8 Å². The number of ether oxygens (including phenoxy) is 1. The molecule has 1 aliphatic rings. The molecule has 0 aliphatic carbocycles. The fourth-order valence-corrected chi connectivity index (χ4v) is 2.83. The van der Waals surface area contributed by atoms with Gasteiger partial charge < -0.3 is 10.1 Å². The van der Waals surface area contributed by atoms with Gasteiger partial charge in [-0.3, -0.25) is 4.79 Å². The third-order valence-electron chi connectivity index (χ3n) is 2.88. The second-order valence-electron chi connectivity index (χ2n) is 4.62. The second-order valence-corrected chi connectivity index (χ2v) is 5.68. The standard InChI is InChI=1S/C16H13F3N2O2S/c1-3-20-15-14(8-13(9-22)24-15)10(2)21-11-4-6-12(7-5-11)23-16(17,18)19/h3-9,21H,1H2,2H3/b14-10+,20-15+. The molecule has 0 saturated heterocycles. The van der Waals surface area contributed by atoms with E-state index in [0.29, 0.717) is 21.3 Å². The van der Waals surface area contributed by atoms with Crippen molar-refractivity contribution >= 4 is 28.8 Å². The maximum absolute atomic E-state index is 12.1. The van der Waals surface area contributed by atoms with E-state index in [1.165, 1.54) is 42.2 Å². The van der Waals surface area contributed by atoms with Gasteiger partial charge in [-0.2, -0.15) is 0 Å². The van der Waals surface area contributed by atoms with Gasteiger partial charge in [0.2, 0.25) is 0 Å². The highest BCUT2D eigenvalue weighted by atomic mass is 32.2. The number of halogens is 3. The van der Waals surface area contributed by atoms with E-state index in [-0.39, 0.29) is 5.75 Å². The van der Waals surface area contributed by atoms with Crippen molar-refractivity contribution in [1.82, 2.24) is 0 Å². The molecule has 4 nitrogen and oxygen atoms in total. The molecule has 0 radical (unpaired) electrons. The number of hydrogen-bond donors (Lipinski definition) is 1. The third kappa shape index (κ3) is 4.76. The van der Waals surface area contributed by atoms with Crippen LogP contribution in [0.2, 0.25) is 0 Å². The summed E-state index contributed by atoms with van der Waals surface area (Å²) >= 11 is 1.22. The quantitative estimate of drug-likeness (QED) is 0.783. The van der Waals surface area contributed by atoms with Crippen LogP contribution in [0.3, 0.4) is 0 Å². The van der Waals surface area contributed by atoms with Gasteiger partial charge >= 0.3 is 6.36 Å². The first-order valence-corrected chi connectivity index (χ1v) is 7.51. The Bertz CT molecular complexity index is 735. The Kier molecular flexibility index (Phi) is 5.50. The molecule has 1 aliphatic heterocycles. The molecule has 0 fully saturated rings. The Morgan fingerprint density at radius 3 is 2.54 bits per heavy atom. The average molecular weight is 354 g/mol. The number of carbonyl (C=O) groups excluding carboxylic acids is 1. The van der Waals surface area contributed by atoms with E-state index in [9.17, 15) is 18.0 Å². The highest BCUT2D eigenvalue weighted by Crippen LogP contribution is 2.33. The van der Waals surface area contributed by atoms with Crippen molar-refractivity contribution in [3.8, 4) is 5.75 Å². The first-order chi connectivity index (χ1) is 11.3. The van der Waals surface area contributed by atoms with Crippen molar-refractivity contribution in [2.45, 2.75) is 13.3 Å². The van der Waals surface area contributed by atoms with E-state index in [4.69, 9.17) is 0 Å². The first-order valence-electron chi connectivity index (χ1n) is 6.70. The maximum Gasteiger partial charge on any atom is 0.573 e. The summed E-state index contributed by atoms with van der Waals surface area (Å²) in [5.74, 6) is -0.299. The fourth-order valence-electron chi connectivity index (χ4n) is 1.93. The van der Waals surface area contributed by atoms with Crippen LogP contribution in [0.25, 0.3) is 0 Å². The summed E-state index contributed by atoms with van der Waals surface area (Å²) in [6.07, 6.45) is -0.934. The van der Waals surface area contributed by atoms with Crippen molar-refractivity contribution in [3.63, 3.8) is 0 Å². The number of allylic oxidation sites excluding steroid dienone is 3. The van der Waals surface area contributed by atoms with E-state index in [1.807, 2.05) is 0 Å². The Labute approximate surface area is 140 Å². The van der Waals surface area contributed by atoms with Gasteiger partial charge in [-0.15, -0.1) is 13.2 Å². The summed E-state index contributed by atoms with van der Waals surface area (Å²) in [6, 6.07) is 5.34. The minimum atomic E-state index is -4.72. The molecular formula is C16H13F3N2O2S. The minimum Gasteiger partial charge on any atom is -0.406 e. The minimum absolute atomic E-state index is 0.299. The van der Waals surface area contributed by atoms with Crippen LogP contribution in [-0.4, -0.2) is 17.7 Å². The van der Waals surface area contributed by atoms with Gasteiger partial charge in [-0.05, 0) is 37.3 Å². The zero-order valence-corrected chi connectivity index (χ0v) is 13.4. The van der Waals surface area contributed by atoms with Crippen LogP contribution < -0.4 is 10.1 Å². The van der Waals surface area contributed by atoms with Crippen LogP contribution in [0.5, 0.6) is 5.75 Å². The zero-order chi connectivity index (χ0) is 17.7. The van der Waals surface area contributed by atoms with Crippen molar-refractivity contribution in [1.29, 1.82) is 0 Å². The SMILES string of the molecule is C=C/N=C1/SC(C=O)=C/C1=C(/C)Nc1ccc(OC(F)(F)F)cc1. The lowest BCUT2D eigenvalue weighted by Crippen LogP contribution is -2.17. The predicted octanol–water partition coefficient (Wildman–Crippen LogP) is 4.64. The number of alkyl halides is 3. The number of nitrogens with one attached hydrogen (secondary N) is 1. The number of aldehydes is 1. The number of rotatable bonds is 5. The lowest BCUT2D eigenvalue weighted by molar-refractivity contribution is -0.274. The number of thioether (sulfide) groups is 1. The number of nitrogens with zero attached hydrogens (tertiary/aromatic N) is 1. The molecule has 0 atom stereocenters. The summed E-state index contributed by atoms with van der Waals surface area (Å²) in [7, 11) is 0. The van der Waals surface area contributed by atoms with Gasteiger partial charge in [-0.1, -0.05) is 18.3 Å². The molecule has 0 bridgehead atoms. The molecule has 1 aromatic carbocycles. The van der Waals surface area contributed by atoms with E-state index in [0.717, 1.165) is 11.9 Å². The van der Waals surface area contributed by atoms with Gasteiger partial charge in [0.05, 0.1) is 4.91 Å². The molecule has 126 valence electrons. The number of benzene rings is 1. The highest BCUT2D eigenvalue weighted by molar-refractivity contribution is 8.18. The fraction of sp³-hybridized carbons (Fsp3) is 0.125. The van der Waals surface area contributed by atoms with Crippen LogP contribution in [0.4, 0.5) is 18.9 Å². The van der Waals surface area contributed by atoms with E-state index in [2.05, 4.69) is 21.6 Å². The lowest BCUT2D eigenvalue weighted by atomic mass is 10.2. The molecule has 0 amide bonds. The van der Waals surface area contributed by atoms with Crippen molar-refractivity contribution < 1.29 is 22.7 Å². The molecule has 0 unspecified atom stereocenters. The number of carbonyl (C=O) groups is 1. The van der Waals surface area contributed by atoms with E-state index in [1.54, 1.807) is 13.0 Å². The van der Waals surface area contributed by atoms with Gasteiger partial charge in [0, 0.05) is 23.2 Å². The molecule has 1 N–H and O–H groups in total. The van der Waals surface area contributed by atoms with Crippen LogP contribution in [0.15, 0.2) is 64.3 Å².